The van der Waals surface area contributed by atoms with Crippen molar-refractivity contribution in [3.05, 3.63) is 315 Å². The van der Waals surface area contributed by atoms with Gasteiger partial charge in [-0.05, 0) is 51.2 Å². The van der Waals surface area contributed by atoms with Crippen molar-refractivity contribution in [2.45, 2.75) is 0 Å². The third-order valence-electron chi connectivity index (χ3n) is 14.8. The van der Waals surface area contributed by atoms with Crippen LogP contribution in [0.4, 0.5) is 0 Å². The quantitative estimate of drug-likeness (QED) is 0.102. The Morgan fingerprint density at radius 2 is 0.449 bits per heavy atom. The van der Waals surface area contributed by atoms with Crippen molar-refractivity contribution >= 4 is 103 Å². The van der Waals surface area contributed by atoms with E-state index >= 15 is 18.3 Å². The summed E-state index contributed by atoms with van der Waals surface area (Å²) in [5.41, 5.74) is 3.19. The molecule has 12 aromatic carbocycles. The van der Waals surface area contributed by atoms with Gasteiger partial charge in [-0.15, -0.1) is 0 Å². The number of hydrogen-bond donors (Lipinski definition) is 0. The number of benzene rings is 12. The third kappa shape index (κ3) is 8.77. The fourth-order valence-electron chi connectivity index (χ4n) is 11.1. The van der Waals surface area contributed by atoms with E-state index in [9.17, 15) is 0 Å². The summed E-state index contributed by atoms with van der Waals surface area (Å²) in [6, 6.07) is 101. The first-order valence-corrected chi connectivity index (χ1v) is 32.7. The monoisotopic (exact) mass is 1080 g/mol. The van der Waals surface area contributed by atoms with Crippen molar-refractivity contribution in [2.24, 2.45) is 0 Å². The van der Waals surface area contributed by atoms with Crippen molar-refractivity contribution in [3.63, 3.8) is 0 Å². The normalized spacial score (nSPS) is 13.3. The summed E-state index contributed by atoms with van der Waals surface area (Å²) in [6.45, 7) is 0. The molecule has 0 saturated heterocycles. The van der Waals surface area contributed by atoms with Crippen LogP contribution in [0, 0.1) is 0 Å². The number of rotatable bonds is 14. The van der Waals surface area contributed by atoms with Crippen molar-refractivity contribution in [1.29, 1.82) is 0 Å². The molecule has 4 nitrogen and oxygen atoms in total. The molecule has 78 heavy (non-hydrogen) atoms. The predicted molar refractivity (Wildman–Crippen MR) is 332 cm³/mol. The van der Waals surface area contributed by atoms with Gasteiger partial charge in [0, 0.05) is 63.7 Å². The molecule has 376 valence electrons. The Labute approximate surface area is 456 Å². The first-order chi connectivity index (χ1) is 38.2. The van der Waals surface area contributed by atoms with Crippen LogP contribution in [0.1, 0.15) is 0 Å². The second-order valence-electron chi connectivity index (χ2n) is 19.2. The lowest BCUT2D eigenvalue weighted by Gasteiger charge is -2.26. The van der Waals surface area contributed by atoms with Crippen LogP contribution in [-0.4, -0.2) is 0 Å². The van der Waals surface area contributed by atoms with E-state index < -0.39 is 28.6 Å². The van der Waals surface area contributed by atoms with Gasteiger partial charge in [0.1, 0.15) is 0 Å². The van der Waals surface area contributed by atoms with Crippen LogP contribution < -0.4 is 63.7 Å². The van der Waals surface area contributed by atoms with Crippen LogP contribution in [0.15, 0.2) is 315 Å². The fourth-order valence-corrected chi connectivity index (χ4v) is 22.5. The summed E-state index contributed by atoms with van der Waals surface area (Å²) in [4.78, 5) is 0. The minimum absolute atomic E-state index is 0.636. The topological polar surface area (TPSA) is 68.3 Å². The van der Waals surface area contributed by atoms with Crippen LogP contribution in [0.2, 0.25) is 0 Å². The zero-order valence-corrected chi connectivity index (χ0v) is 46.0. The highest BCUT2D eigenvalue weighted by molar-refractivity contribution is 7.87. The van der Waals surface area contributed by atoms with Gasteiger partial charge in [0.2, 0.25) is 0 Å². The minimum Gasteiger partial charge on any atom is -0.309 e. The van der Waals surface area contributed by atoms with Crippen LogP contribution in [0.3, 0.4) is 0 Å². The largest absolute Gasteiger partial charge is 0.309 e. The van der Waals surface area contributed by atoms with E-state index in [1.54, 1.807) is 0 Å². The molecule has 0 fully saturated rings. The summed E-state index contributed by atoms with van der Waals surface area (Å²) in [7, 11) is -14.2. The molecule has 0 N–H and O–H groups in total. The molecule has 0 aliphatic carbocycles. The molecule has 0 bridgehead atoms. The first kappa shape index (κ1) is 50.6. The average molecular weight is 1080 g/mol. The van der Waals surface area contributed by atoms with Crippen LogP contribution >= 0.6 is 28.6 Å². The standard InChI is InChI=1S/C70H52O4P4/c71-75(55-27-7-1-8-28-55,56-29-9-2-10-30-56)67-44-23-21-42-63(67)64-43-22-24-45-68(64)77(73,59-35-15-5-16-36-59)61-48-46-53(47-49-61)54-26-25-39-62(52-54)78(74,60-37-17-6-18-38-60)70-51-50-69(65-40-19-20-41-66(65)70)76(72,57-31-11-3-12-32-57)58-33-13-4-14-34-58/h1-52H. The van der Waals surface area contributed by atoms with E-state index in [0.29, 0.717) is 53.0 Å². The molecule has 2 unspecified atom stereocenters. The third-order valence-corrected chi connectivity index (χ3v) is 27.3. The molecule has 0 heterocycles. The van der Waals surface area contributed by atoms with Gasteiger partial charge in [0.05, 0.1) is 0 Å². The van der Waals surface area contributed by atoms with E-state index in [-0.39, 0.29) is 0 Å². The molecule has 0 amide bonds. The second kappa shape index (κ2) is 21.3. The van der Waals surface area contributed by atoms with E-state index in [0.717, 1.165) is 43.6 Å². The molecule has 2 atom stereocenters. The molecule has 0 saturated carbocycles. The maximum absolute atomic E-state index is 16.7. The first-order valence-electron chi connectivity index (χ1n) is 25.9. The van der Waals surface area contributed by atoms with Crippen molar-refractivity contribution in [3.8, 4) is 22.3 Å². The molecule has 12 aromatic rings. The van der Waals surface area contributed by atoms with Gasteiger partial charge in [-0.1, -0.05) is 297 Å². The van der Waals surface area contributed by atoms with Gasteiger partial charge < -0.3 is 18.3 Å². The Morgan fingerprint density at radius 1 is 0.179 bits per heavy atom. The highest BCUT2D eigenvalue weighted by atomic mass is 31.2. The molecule has 0 radical (unpaired) electrons. The van der Waals surface area contributed by atoms with Crippen molar-refractivity contribution in [2.75, 3.05) is 0 Å². The summed E-state index contributed by atoms with van der Waals surface area (Å²) in [5, 5.41) is 9.71. The van der Waals surface area contributed by atoms with Crippen molar-refractivity contribution in [1.82, 2.24) is 0 Å². The average Bonchev–Trinajstić information content (AvgIpc) is 3.70. The Kier molecular flexibility index (Phi) is 13.8. The lowest BCUT2D eigenvalue weighted by molar-refractivity contribution is 0.591. The molecule has 0 aromatic heterocycles. The van der Waals surface area contributed by atoms with Gasteiger partial charge in [-0.3, -0.25) is 0 Å². The van der Waals surface area contributed by atoms with Gasteiger partial charge in [-0.2, -0.15) is 0 Å². The smallest absolute Gasteiger partial charge is 0.171 e. The Balaban J connectivity index is 0.981. The molecule has 0 aliphatic heterocycles. The predicted octanol–water partition coefficient (Wildman–Crippen LogP) is 12.7. The Morgan fingerprint density at radius 3 is 0.808 bits per heavy atom. The van der Waals surface area contributed by atoms with E-state index in [1.165, 1.54) is 0 Å². The zero-order chi connectivity index (χ0) is 53.2. The molecular weight excluding hydrogens is 1030 g/mol. The van der Waals surface area contributed by atoms with Crippen LogP contribution in [0.5, 0.6) is 0 Å². The van der Waals surface area contributed by atoms with Gasteiger partial charge in [0.15, 0.2) is 28.6 Å². The van der Waals surface area contributed by atoms with Crippen LogP contribution in [0.25, 0.3) is 33.0 Å². The van der Waals surface area contributed by atoms with E-state index in [2.05, 4.69) is 0 Å². The van der Waals surface area contributed by atoms with Crippen molar-refractivity contribution < 1.29 is 18.3 Å². The van der Waals surface area contributed by atoms with E-state index in [4.69, 9.17) is 0 Å². The van der Waals surface area contributed by atoms with Gasteiger partial charge >= 0.3 is 0 Å². The van der Waals surface area contributed by atoms with Crippen LogP contribution in [-0.2, 0) is 18.3 Å². The SMILES string of the molecule is O=P(c1ccccc1)(c1ccccc1)c1ccccc1-c1ccccc1P(=O)(c1ccccc1)c1ccc(-c2cccc(P(=O)(c3ccccc3)c3ccc(P(=O)(c4ccccc4)c4ccccc4)c4ccccc34)c2)cc1. The maximum atomic E-state index is 16.7. The summed E-state index contributed by atoms with van der Waals surface area (Å²) >= 11 is 0. The Bertz CT molecular complexity index is 4220. The highest BCUT2D eigenvalue weighted by Gasteiger charge is 2.38. The summed E-state index contributed by atoms with van der Waals surface area (Å²) in [6.07, 6.45) is 0. The zero-order valence-electron chi connectivity index (χ0n) is 42.4. The molecule has 0 spiro atoms. The molecular formula is C70H52O4P4. The number of fused-ring (bicyclic) bond motifs is 1. The Hall–Kier alpha value is -8.18. The molecule has 0 aliphatic rings. The van der Waals surface area contributed by atoms with E-state index in [1.807, 2.05) is 315 Å². The number of hydrogen-bond acceptors (Lipinski definition) is 4. The maximum Gasteiger partial charge on any atom is 0.171 e. The lowest BCUT2D eigenvalue weighted by Crippen LogP contribution is -2.29. The van der Waals surface area contributed by atoms with Gasteiger partial charge in [-0.25, -0.2) is 0 Å². The summed E-state index contributed by atoms with van der Waals surface area (Å²) in [5.74, 6) is 0. The minimum atomic E-state index is -3.66. The fraction of sp³-hybridized carbons (Fsp3) is 0. The summed E-state index contributed by atoms with van der Waals surface area (Å²) < 4.78 is 65.3. The lowest BCUT2D eigenvalue weighted by atomic mass is 10.1. The molecule has 8 heteroatoms. The highest BCUT2D eigenvalue weighted by Crippen LogP contribution is 2.51. The molecule has 12 rings (SSSR count). The van der Waals surface area contributed by atoms with Gasteiger partial charge in [0.25, 0.3) is 0 Å². The second-order valence-corrected chi connectivity index (χ2v) is 30.2.